The monoisotopic (exact) mass is 408 g/mol. The van der Waals surface area contributed by atoms with Crippen molar-refractivity contribution in [1.29, 1.82) is 0 Å². The predicted molar refractivity (Wildman–Crippen MR) is 96.9 cm³/mol. The van der Waals surface area contributed by atoms with E-state index in [0.29, 0.717) is 5.02 Å². The molecule has 3 aromatic carbocycles. The Morgan fingerprint density at radius 3 is 2.43 bits per heavy atom. The van der Waals surface area contributed by atoms with Crippen LogP contribution in [-0.2, 0) is 0 Å². The molecule has 21 heavy (non-hydrogen) atoms. The average molecular weight is 409 g/mol. The molecule has 0 spiro atoms. The molecule has 1 nitrogen and oxygen atoms in total. The first kappa shape index (κ1) is 14.8. The highest BCUT2D eigenvalue weighted by Crippen LogP contribution is 2.32. The number of aryl methyl sites for hydroxylation is 1. The molecule has 3 rings (SSSR count). The Kier molecular flexibility index (Phi) is 4.20. The zero-order chi connectivity index (χ0) is 15.0. The first-order valence-electron chi connectivity index (χ1n) is 6.69. The first-order valence-corrected chi connectivity index (χ1v) is 8.15. The van der Waals surface area contributed by atoms with Gasteiger partial charge in [0, 0.05) is 3.57 Å². The van der Waals surface area contributed by atoms with Gasteiger partial charge < -0.3 is 5.11 Å². The molecule has 0 radical (unpaired) electrons. The maximum atomic E-state index is 10.7. The van der Waals surface area contributed by atoms with Crippen molar-refractivity contribution in [1.82, 2.24) is 0 Å². The highest BCUT2D eigenvalue weighted by molar-refractivity contribution is 14.1. The third-order valence-corrected chi connectivity index (χ3v) is 5.30. The van der Waals surface area contributed by atoms with Crippen LogP contribution in [0.5, 0.6) is 0 Å². The number of hydrogen-bond donors (Lipinski definition) is 1. The van der Waals surface area contributed by atoms with Gasteiger partial charge in [-0.1, -0.05) is 54.1 Å². The molecule has 0 amide bonds. The zero-order valence-electron chi connectivity index (χ0n) is 11.5. The lowest BCUT2D eigenvalue weighted by molar-refractivity contribution is 0.222. The maximum absolute atomic E-state index is 10.7. The number of aliphatic hydroxyl groups is 1. The van der Waals surface area contributed by atoms with E-state index in [-0.39, 0.29) is 0 Å². The number of hydrogen-bond acceptors (Lipinski definition) is 1. The van der Waals surface area contributed by atoms with E-state index >= 15 is 0 Å². The molecule has 3 heteroatoms. The van der Waals surface area contributed by atoms with Crippen molar-refractivity contribution in [3.05, 3.63) is 79.9 Å². The van der Waals surface area contributed by atoms with Gasteiger partial charge in [0.15, 0.2) is 0 Å². The third kappa shape index (κ3) is 2.80. The molecule has 0 fully saturated rings. The average Bonchev–Trinajstić information content (AvgIpc) is 2.50. The quantitative estimate of drug-likeness (QED) is 0.556. The minimum Gasteiger partial charge on any atom is -0.384 e. The summed E-state index contributed by atoms with van der Waals surface area (Å²) in [6, 6.07) is 17.9. The fraction of sp³-hybridized carbons (Fsp3) is 0.111. The minimum absolute atomic E-state index is 0.670. The Bertz CT molecular complexity index is 813. The minimum atomic E-state index is -0.676. The Balaban J connectivity index is 2.15. The SMILES string of the molecule is Cc1ccc(C(O)c2ccc(I)c(Cl)c2)c2ccccc12. The smallest absolute Gasteiger partial charge is 0.105 e. The van der Waals surface area contributed by atoms with Crippen LogP contribution < -0.4 is 0 Å². The van der Waals surface area contributed by atoms with Gasteiger partial charge in [0.2, 0.25) is 0 Å². The summed E-state index contributed by atoms with van der Waals surface area (Å²) in [6.45, 7) is 2.08. The van der Waals surface area contributed by atoms with Crippen LogP contribution in [0, 0.1) is 10.5 Å². The first-order chi connectivity index (χ1) is 10.1. The van der Waals surface area contributed by atoms with Gasteiger partial charge in [-0.05, 0) is 69.1 Å². The van der Waals surface area contributed by atoms with Crippen molar-refractivity contribution in [3.8, 4) is 0 Å². The molecule has 3 aromatic rings. The van der Waals surface area contributed by atoms with Gasteiger partial charge in [0.05, 0.1) is 5.02 Å². The van der Waals surface area contributed by atoms with Crippen LogP contribution in [-0.4, -0.2) is 5.11 Å². The van der Waals surface area contributed by atoms with Crippen LogP contribution in [0.2, 0.25) is 5.02 Å². The second-order valence-corrected chi connectivity index (χ2v) is 6.66. The van der Waals surface area contributed by atoms with Crippen LogP contribution in [0.4, 0.5) is 0 Å². The fourth-order valence-electron chi connectivity index (χ4n) is 2.57. The summed E-state index contributed by atoms with van der Waals surface area (Å²) in [5, 5.41) is 13.7. The third-order valence-electron chi connectivity index (χ3n) is 3.73. The molecule has 0 aliphatic rings. The standard InChI is InChI=1S/C18H14ClIO/c1-11-6-8-15(14-5-3-2-4-13(11)14)18(21)12-7-9-17(20)16(19)10-12/h2-10,18,21H,1H3. The van der Waals surface area contributed by atoms with Crippen LogP contribution in [0.3, 0.4) is 0 Å². The summed E-state index contributed by atoms with van der Waals surface area (Å²) >= 11 is 8.35. The Hall–Kier alpha value is -1.10. The summed E-state index contributed by atoms with van der Waals surface area (Å²) < 4.78 is 0.985. The van der Waals surface area contributed by atoms with Crippen molar-refractivity contribution in [2.24, 2.45) is 0 Å². The molecular formula is C18H14ClIO. The van der Waals surface area contributed by atoms with Crippen molar-refractivity contribution in [3.63, 3.8) is 0 Å². The van der Waals surface area contributed by atoms with E-state index in [1.54, 1.807) is 0 Å². The van der Waals surface area contributed by atoms with Crippen molar-refractivity contribution in [2.75, 3.05) is 0 Å². The number of halogens is 2. The molecule has 1 atom stereocenters. The van der Waals surface area contributed by atoms with Crippen LogP contribution in [0.25, 0.3) is 10.8 Å². The molecule has 0 heterocycles. The van der Waals surface area contributed by atoms with E-state index in [0.717, 1.165) is 20.1 Å². The summed E-state index contributed by atoms with van der Waals surface area (Å²) in [6.07, 6.45) is -0.676. The summed E-state index contributed by atoms with van der Waals surface area (Å²) in [7, 11) is 0. The van der Waals surface area contributed by atoms with Crippen LogP contribution >= 0.6 is 34.2 Å². The van der Waals surface area contributed by atoms with Crippen LogP contribution in [0.15, 0.2) is 54.6 Å². The van der Waals surface area contributed by atoms with Gasteiger partial charge in [-0.25, -0.2) is 0 Å². The molecular weight excluding hydrogens is 395 g/mol. The molecule has 0 aliphatic heterocycles. The lowest BCUT2D eigenvalue weighted by atomic mass is 9.94. The molecule has 106 valence electrons. The van der Waals surface area contributed by atoms with Gasteiger partial charge in [-0.2, -0.15) is 0 Å². The Morgan fingerprint density at radius 2 is 1.71 bits per heavy atom. The highest BCUT2D eigenvalue weighted by Gasteiger charge is 2.15. The molecule has 1 N–H and O–H groups in total. The molecule has 0 saturated carbocycles. The summed E-state index contributed by atoms with van der Waals surface area (Å²) in [5.74, 6) is 0. The van der Waals surface area contributed by atoms with Crippen molar-refractivity contribution >= 4 is 45.0 Å². The van der Waals surface area contributed by atoms with Crippen molar-refractivity contribution < 1.29 is 5.11 Å². The zero-order valence-corrected chi connectivity index (χ0v) is 14.4. The highest BCUT2D eigenvalue weighted by atomic mass is 127. The summed E-state index contributed by atoms with van der Waals surface area (Å²) in [5.41, 5.74) is 2.94. The van der Waals surface area contributed by atoms with Crippen molar-refractivity contribution in [2.45, 2.75) is 13.0 Å². The Morgan fingerprint density at radius 1 is 1.00 bits per heavy atom. The predicted octanol–water partition coefficient (Wildman–Crippen LogP) is 5.49. The summed E-state index contributed by atoms with van der Waals surface area (Å²) in [4.78, 5) is 0. The lowest BCUT2D eigenvalue weighted by Crippen LogP contribution is -2.01. The fourth-order valence-corrected chi connectivity index (χ4v) is 3.10. The largest absolute Gasteiger partial charge is 0.384 e. The van der Waals surface area contributed by atoms with Crippen LogP contribution in [0.1, 0.15) is 22.8 Å². The second kappa shape index (κ2) is 5.95. The van der Waals surface area contributed by atoms with E-state index in [2.05, 4.69) is 47.7 Å². The topological polar surface area (TPSA) is 20.2 Å². The molecule has 0 bridgehead atoms. The number of benzene rings is 3. The van der Waals surface area contributed by atoms with E-state index in [1.807, 2.05) is 36.4 Å². The molecule has 0 aliphatic carbocycles. The van der Waals surface area contributed by atoms with E-state index < -0.39 is 6.10 Å². The van der Waals surface area contributed by atoms with E-state index in [4.69, 9.17) is 11.6 Å². The number of fused-ring (bicyclic) bond motifs is 1. The lowest BCUT2D eigenvalue weighted by Gasteiger charge is -2.16. The normalized spacial score (nSPS) is 12.6. The van der Waals surface area contributed by atoms with Gasteiger partial charge in [-0.3, -0.25) is 0 Å². The van der Waals surface area contributed by atoms with Gasteiger partial charge in [0.1, 0.15) is 6.10 Å². The Labute approximate surface area is 142 Å². The second-order valence-electron chi connectivity index (χ2n) is 5.09. The van der Waals surface area contributed by atoms with Gasteiger partial charge in [-0.15, -0.1) is 0 Å². The molecule has 0 saturated heterocycles. The van der Waals surface area contributed by atoms with E-state index in [9.17, 15) is 5.11 Å². The molecule has 1 unspecified atom stereocenters. The number of aliphatic hydroxyl groups excluding tert-OH is 1. The maximum Gasteiger partial charge on any atom is 0.105 e. The van der Waals surface area contributed by atoms with E-state index in [1.165, 1.54) is 10.9 Å². The van der Waals surface area contributed by atoms with Gasteiger partial charge in [0.25, 0.3) is 0 Å². The van der Waals surface area contributed by atoms with Gasteiger partial charge >= 0.3 is 0 Å². The number of rotatable bonds is 2. The molecule has 0 aromatic heterocycles.